The number of ether oxygens (including phenoxy) is 1. The molecule has 31 heavy (non-hydrogen) atoms. The van der Waals surface area contributed by atoms with Crippen molar-refractivity contribution in [2.45, 2.75) is 20.0 Å². The molecule has 0 saturated carbocycles. The first-order valence-electron chi connectivity index (χ1n) is 10.2. The average Bonchev–Trinajstić information content (AvgIpc) is 3.10. The Balaban J connectivity index is 1.65. The highest BCUT2D eigenvalue weighted by Gasteiger charge is 2.36. The van der Waals surface area contributed by atoms with Gasteiger partial charge < -0.3 is 14.4 Å². The third-order valence-corrected chi connectivity index (χ3v) is 6.00. The van der Waals surface area contributed by atoms with Gasteiger partial charge in [0.05, 0.1) is 5.56 Å². The van der Waals surface area contributed by atoms with E-state index < -0.39 is 0 Å². The zero-order valence-corrected chi connectivity index (χ0v) is 17.2. The Hall–Kier alpha value is -3.86. The lowest BCUT2D eigenvalue weighted by Crippen LogP contribution is -2.39. The van der Waals surface area contributed by atoms with Crippen LogP contribution in [-0.4, -0.2) is 17.0 Å². The van der Waals surface area contributed by atoms with Gasteiger partial charge in [-0.3, -0.25) is 0 Å². The third-order valence-electron chi connectivity index (χ3n) is 6.00. The number of allylic oxidation sites excluding steroid dienone is 1. The molecule has 0 bridgehead atoms. The maximum Gasteiger partial charge on any atom is 0.344 e. The van der Waals surface area contributed by atoms with Gasteiger partial charge in [-0.15, -0.1) is 0 Å². The summed E-state index contributed by atoms with van der Waals surface area (Å²) in [7, 11) is 0. The minimum atomic E-state index is -0.365. The molecule has 1 aromatic heterocycles. The molecule has 154 valence electrons. The lowest BCUT2D eigenvalue weighted by molar-refractivity contribution is 0.191. The van der Waals surface area contributed by atoms with Crippen molar-refractivity contribution >= 4 is 17.9 Å². The minimum Gasteiger partial charge on any atom is -0.483 e. The van der Waals surface area contributed by atoms with Gasteiger partial charge in [-0.1, -0.05) is 71.9 Å². The first-order chi connectivity index (χ1) is 15.1. The van der Waals surface area contributed by atoms with Gasteiger partial charge in [-0.05, 0) is 30.5 Å². The predicted molar refractivity (Wildman–Crippen MR) is 119 cm³/mol. The summed E-state index contributed by atoms with van der Waals surface area (Å²) in [4.78, 5) is 12.8. The summed E-state index contributed by atoms with van der Waals surface area (Å²) in [6.07, 6.45) is 3.61. The number of oxime groups is 1. The van der Waals surface area contributed by atoms with Crippen molar-refractivity contribution in [3.8, 4) is 11.1 Å². The number of rotatable bonds is 3. The molecule has 2 atom stereocenters. The van der Waals surface area contributed by atoms with E-state index in [1.165, 1.54) is 0 Å². The van der Waals surface area contributed by atoms with Gasteiger partial charge in [0.1, 0.15) is 17.3 Å². The Labute approximate surface area is 178 Å². The van der Waals surface area contributed by atoms with Crippen molar-refractivity contribution in [2.75, 3.05) is 0 Å². The Bertz CT molecular complexity index is 1400. The first-order valence-corrected chi connectivity index (χ1v) is 10.2. The Kier molecular flexibility index (Phi) is 4.59. The molecule has 5 heteroatoms. The molecule has 1 aliphatic carbocycles. The molecule has 0 saturated heterocycles. The fourth-order valence-corrected chi connectivity index (χ4v) is 4.41. The van der Waals surface area contributed by atoms with E-state index in [0.717, 1.165) is 27.5 Å². The summed E-state index contributed by atoms with van der Waals surface area (Å²) in [6.45, 7) is 3.93. The highest BCUT2D eigenvalue weighted by atomic mass is 16.5. The maximum absolute atomic E-state index is 12.8. The molecule has 2 aliphatic rings. The highest BCUT2D eigenvalue weighted by Crippen LogP contribution is 2.36. The van der Waals surface area contributed by atoms with Crippen LogP contribution in [0.2, 0.25) is 0 Å². The first kappa shape index (κ1) is 19.1. The van der Waals surface area contributed by atoms with Crippen LogP contribution < -0.4 is 16.3 Å². The van der Waals surface area contributed by atoms with Crippen molar-refractivity contribution in [3.63, 3.8) is 0 Å². The van der Waals surface area contributed by atoms with Gasteiger partial charge in [-0.2, -0.15) is 0 Å². The summed E-state index contributed by atoms with van der Waals surface area (Å²) >= 11 is 0. The number of hydrogen-bond acceptors (Lipinski definition) is 5. The molecule has 2 aromatic carbocycles. The average molecular weight is 411 g/mol. The quantitative estimate of drug-likeness (QED) is 0.408. The largest absolute Gasteiger partial charge is 0.483 e. The fourth-order valence-electron chi connectivity index (χ4n) is 4.41. The number of nitrogens with zero attached hydrogens (tertiary/aromatic N) is 1. The van der Waals surface area contributed by atoms with Gasteiger partial charge in [0.15, 0.2) is 5.71 Å². The van der Waals surface area contributed by atoms with Gasteiger partial charge in [-0.25, -0.2) is 4.79 Å². The monoisotopic (exact) mass is 411 g/mol. The van der Waals surface area contributed by atoms with Crippen LogP contribution in [0.5, 0.6) is 0 Å². The molecule has 2 heterocycles. The van der Waals surface area contributed by atoms with Crippen LogP contribution >= 0.6 is 0 Å². The Morgan fingerprint density at radius 1 is 0.968 bits per heavy atom. The summed E-state index contributed by atoms with van der Waals surface area (Å²) in [5.74, 6) is 0.505. The molecule has 0 amide bonds. The van der Waals surface area contributed by atoms with E-state index in [-0.39, 0.29) is 17.6 Å². The molecule has 0 fully saturated rings. The zero-order valence-electron chi connectivity index (χ0n) is 17.2. The van der Waals surface area contributed by atoms with Crippen molar-refractivity contribution in [1.29, 1.82) is 0 Å². The molecular weight excluding hydrogens is 390 g/mol. The van der Waals surface area contributed by atoms with Gasteiger partial charge in [0.25, 0.3) is 0 Å². The lowest BCUT2D eigenvalue weighted by Gasteiger charge is -2.18. The molecule has 5 nitrogen and oxygen atoms in total. The van der Waals surface area contributed by atoms with E-state index in [4.69, 9.17) is 9.15 Å². The molecule has 5 rings (SSSR count). The van der Waals surface area contributed by atoms with E-state index in [9.17, 15) is 10.0 Å². The number of fused-ring (bicyclic) bond motifs is 2. The lowest BCUT2D eigenvalue weighted by atomic mass is 9.89. The van der Waals surface area contributed by atoms with Crippen LogP contribution in [0.3, 0.4) is 0 Å². The van der Waals surface area contributed by atoms with E-state index in [1.54, 1.807) is 0 Å². The van der Waals surface area contributed by atoms with Crippen LogP contribution in [0.15, 0.2) is 86.4 Å². The molecule has 1 aliphatic heterocycles. The second-order valence-electron chi connectivity index (χ2n) is 7.80. The van der Waals surface area contributed by atoms with Crippen LogP contribution in [-0.2, 0) is 4.74 Å². The molecule has 1 N–H and O–H groups in total. The topological polar surface area (TPSA) is 72.0 Å². The smallest absolute Gasteiger partial charge is 0.344 e. The summed E-state index contributed by atoms with van der Waals surface area (Å²) in [6, 6.07) is 19.0. The molecule has 2 unspecified atom stereocenters. The predicted octanol–water partition coefficient (Wildman–Crippen LogP) is 3.36. The van der Waals surface area contributed by atoms with Crippen LogP contribution in [0, 0.1) is 12.8 Å². The van der Waals surface area contributed by atoms with E-state index in [2.05, 4.69) is 11.2 Å². The maximum atomic E-state index is 12.8. The van der Waals surface area contributed by atoms with E-state index >= 15 is 0 Å². The van der Waals surface area contributed by atoms with Gasteiger partial charge in [0.2, 0.25) is 0 Å². The molecule has 0 radical (unpaired) electrons. The molecule has 0 spiro atoms. The van der Waals surface area contributed by atoms with E-state index in [1.807, 2.05) is 80.6 Å². The van der Waals surface area contributed by atoms with Gasteiger partial charge in [0, 0.05) is 22.8 Å². The van der Waals surface area contributed by atoms with Crippen molar-refractivity contribution in [3.05, 3.63) is 104 Å². The van der Waals surface area contributed by atoms with Gasteiger partial charge >= 0.3 is 5.63 Å². The third kappa shape index (κ3) is 3.10. The van der Waals surface area contributed by atoms with Crippen LogP contribution in [0.25, 0.3) is 23.3 Å². The second-order valence-corrected chi connectivity index (χ2v) is 7.80. The van der Waals surface area contributed by atoms with Crippen molar-refractivity contribution < 1.29 is 14.4 Å². The minimum absolute atomic E-state index is 0.0435. The zero-order chi connectivity index (χ0) is 21.5. The van der Waals surface area contributed by atoms with Crippen LogP contribution in [0.1, 0.15) is 18.1 Å². The number of benzene rings is 2. The summed E-state index contributed by atoms with van der Waals surface area (Å²) in [5, 5.41) is 14.1. The SMILES string of the molecule is CC1=C(/C(=N/O)c2ccccc2)OC2C=c3oc(=O)c(-c4ccccc4)c(C)c3=CC12. The van der Waals surface area contributed by atoms with Crippen LogP contribution in [0.4, 0.5) is 0 Å². The normalized spacial score (nSPS) is 19.7. The molecule has 3 aromatic rings. The van der Waals surface area contributed by atoms with E-state index in [0.29, 0.717) is 22.4 Å². The Morgan fingerprint density at radius 3 is 2.32 bits per heavy atom. The second kappa shape index (κ2) is 7.43. The number of hydrogen-bond donors (Lipinski definition) is 1. The summed E-state index contributed by atoms with van der Waals surface area (Å²) < 4.78 is 11.9. The summed E-state index contributed by atoms with van der Waals surface area (Å²) in [5.41, 5.74) is 4.57. The standard InChI is InChI=1S/C26H21NO4/c1-15-19-13-20-16(2)25(24(27-29)18-11-7-4-8-12-18)30-21(20)14-22(19)31-26(28)23(15)17-9-5-3-6-10-17/h3-14,20-21,29H,1-2H3/b27-24+. The fraction of sp³-hybridized carbons (Fsp3) is 0.154. The molecular formula is C26H21NO4. The van der Waals surface area contributed by atoms with Crippen molar-refractivity contribution in [1.82, 2.24) is 0 Å². The Morgan fingerprint density at radius 2 is 1.65 bits per heavy atom. The highest BCUT2D eigenvalue weighted by molar-refractivity contribution is 6.12. The van der Waals surface area contributed by atoms with Crippen molar-refractivity contribution in [2.24, 2.45) is 11.1 Å².